The van der Waals surface area contributed by atoms with Gasteiger partial charge in [-0.2, -0.15) is 0 Å². The van der Waals surface area contributed by atoms with Crippen molar-refractivity contribution in [3.63, 3.8) is 0 Å². The van der Waals surface area contributed by atoms with Gasteiger partial charge in [0.05, 0.1) is 0 Å². The second-order valence-electron chi connectivity index (χ2n) is 8.71. The van der Waals surface area contributed by atoms with Gasteiger partial charge in [0.15, 0.2) is 0 Å². The molecule has 2 heteroatoms. The molecule has 2 aromatic carbocycles. The van der Waals surface area contributed by atoms with Gasteiger partial charge < -0.3 is 8.80 Å². The molecule has 0 unspecified atom stereocenters. The monoisotopic (exact) mass is 426 g/mol. The van der Waals surface area contributed by atoms with Crippen molar-refractivity contribution in [2.24, 2.45) is 0 Å². The lowest BCUT2D eigenvalue weighted by Crippen LogP contribution is -1.98. The van der Waals surface area contributed by atoms with Crippen LogP contribution in [0.4, 0.5) is 0 Å². The van der Waals surface area contributed by atoms with Gasteiger partial charge in [-0.05, 0) is 60.4 Å². The molecule has 0 N–H and O–H groups in total. The lowest BCUT2D eigenvalue weighted by atomic mass is 9.94. The van der Waals surface area contributed by atoms with Gasteiger partial charge in [0.1, 0.15) is 0 Å². The van der Waals surface area contributed by atoms with E-state index in [9.17, 15) is 0 Å². The van der Waals surface area contributed by atoms with Gasteiger partial charge in [0.25, 0.3) is 0 Å². The fourth-order valence-corrected chi connectivity index (χ4v) is 5.39. The van der Waals surface area contributed by atoms with Crippen LogP contribution >= 0.6 is 0 Å². The van der Waals surface area contributed by atoms with Crippen molar-refractivity contribution in [3.05, 3.63) is 132 Å². The second kappa shape index (κ2) is 7.83. The van der Waals surface area contributed by atoms with E-state index in [4.69, 9.17) is 0 Å². The lowest BCUT2D eigenvalue weighted by Gasteiger charge is -2.11. The predicted octanol–water partition coefficient (Wildman–Crippen LogP) is 7.73. The molecule has 4 heterocycles. The highest BCUT2D eigenvalue weighted by atomic mass is 14.9. The van der Waals surface area contributed by atoms with Crippen LogP contribution in [0.15, 0.2) is 109 Å². The van der Waals surface area contributed by atoms with E-state index in [0.717, 1.165) is 6.42 Å². The largest absolute Gasteiger partial charge is 0.320 e. The summed E-state index contributed by atoms with van der Waals surface area (Å²) < 4.78 is 4.72. The van der Waals surface area contributed by atoms with Crippen molar-refractivity contribution >= 4 is 11.0 Å². The minimum atomic E-state index is 0.856. The average molecular weight is 427 g/mol. The molecule has 0 spiro atoms. The topological polar surface area (TPSA) is 8.82 Å². The SMILES string of the molecule is Cc1c(-c2ccccc2)c(Cc2c(-c3ccccc3)c(C)n3ccccc23)n2ccccc12. The fraction of sp³-hybridized carbons (Fsp3) is 0.0968. The van der Waals surface area contributed by atoms with Crippen LogP contribution < -0.4 is 0 Å². The summed E-state index contributed by atoms with van der Waals surface area (Å²) in [6, 6.07) is 34.6. The van der Waals surface area contributed by atoms with Gasteiger partial charge in [-0.1, -0.05) is 72.8 Å². The van der Waals surface area contributed by atoms with Gasteiger partial charge in [0.2, 0.25) is 0 Å². The van der Waals surface area contributed by atoms with Crippen molar-refractivity contribution in [2.45, 2.75) is 20.3 Å². The van der Waals surface area contributed by atoms with Crippen molar-refractivity contribution in [2.75, 3.05) is 0 Å². The number of aromatic nitrogens is 2. The molecule has 0 saturated carbocycles. The van der Waals surface area contributed by atoms with Crippen LogP contribution in [0.3, 0.4) is 0 Å². The summed E-state index contributed by atoms with van der Waals surface area (Å²) >= 11 is 0. The zero-order valence-corrected chi connectivity index (χ0v) is 19.0. The molecule has 160 valence electrons. The molecule has 2 nitrogen and oxygen atoms in total. The highest BCUT2D eigenvalue weighted by molar-refractivity contribution is 5.84. The molecule has 6 rings (SSSR count). The van der Waals surface area contributed by atoms with Gasteiger partial charge in [-0.3, -0.25) is 0 Å². The molecule has 0 atom stereocenters. The van der Waals surface area contributed by atoms with E-state index in [1.165, 1.54) is 55.8 Å². The number of rotatable bonds is 4. The van der Waals surface area contributed by atoms with Crippen LogP contribution in [-0.2, 0) is 6.42 Å². The standard InChI is InChI=1S/C31H26N2/c1-22-27-17-9-12-20-33(27)29(30(22)24-13-5-3-6-14-24)21-26-28-18-10-11-19-32(28)23(2)31(26)25-15-7-4-8-16-25/h3-20H,21H2,1-2H3. The third-order valence-electron chi connectivity index (χ3n) is 6.86. The third-order valence-corrected chi connectivity index (χ3v) is 6.86. The molecule has 33 heavy (non-hydrogen) atoms. The molecule has 0 amide bonds. The first kappa shape index (κ1) is 19.6. The van der Waals surface area contributed by atoms with E-state index in [2.05, 4.69) is 132 Å². The van der Waals surface area contributed by atoms with Crippen molar-refractivity contribution in [3.8, 4) is 22.3 Å². The Hall–Kier alpha value is -4.04. The molecule has 0 aliphatic carbocycles. The van der Waals surface area contributed by atoms with Gasteiger partial charge in [-0.25, -0.2) is 0 Å². The summed E-state index contributed by atoms with van der Waals surface area (Å²) in [4.78, 5) is 0. The molecular weight excluding hydrogens is 400 g/mol. The number of benzene rings is 2. The summed E-state index contributed by atoms with van der Waals surface area (Å²) in [5.41, 5.74) is 13.1. The first-order chi connectivity index (χ1) is 16.2. The van der Waals surface area contributed by atoms with Crippen LogP contribution in [0.2, 0.25) is 0 Å². The van der Waals surface area contributed by atoms with Crippen LogP contribution in [0, 0.1) is 13.8 Å². The number of fused-ring (bicyclic) bond motifs is 2. The Morgan fingerprint density at radius 1 is 0.545 bits per heavy atom. The normalized spacial score (nSPS) is 11.5. The molecule has 0 fully saturated rings. The zero-order valence-electron chi connectivity index (χ0n) is 19.0. The van der Waals surface area contributed by atoms with Gasteiger partial charge >= 0.3 is 0 Å². The Bertz CT molecular complexity index is 1460. The van der Waals surface area contributed by atoms with Gasteiger partial charge in [-0.15, -0.1) is 0 Å². The summed E-state index contributed by atoms with van der Waals surface area (Å²) in [6.45, 7) is 4.49. The molecular formula is C31H26N2. The van der Waals surface area contributed by atoms with Crippen LogP contribution in [0.25, 0.3) is 33.3 Å². The van der Waals surface area contributed by atoms with E-state index in [-0.39, 0.29) is 0 Å². The molecule has 0 radical (unpaired) electrons. The first-order valence-electron chi connectivity index (χ1n) is 11.5. The third kappa shape index (κ3) is 3.10. The van der Waals surface area contributed by atoms with Crippen LogP contribution in [0.1, 0.15) is 22.5 Å². The summed E-state index contributed by atoms with van der Waals surface area (Å²) in [7, 11) is 0. The Balaban J connectivity index is 1.66. The second-order valence-corrected chi connectivity index (χ2v) is 8.71. The minimum absolute atomic E-state index is 0.856. The van der Waals surface area contributed by atoms with Crippen LogP contribution in [0.5, 0.6) is 0 Å². The highest BCUT2D eigenvalue weighted by Gasteiger charge is 2.22. The predicted molar refractivity (Wildman–Crippen MR) is 138 cm³/mol. The number of aryl methyl sites for hydroxylation is 2. The van der Waals surface area contributed by atoms with E-state index >= 15 is 0 Å². The smallest absolute Gasteiger partial charge is 0.0495 e. The van der Waals surface area contributed by atoms with Crippen molar-refractivity contribution in [1.82, 2.24) is 8.80 Å². The maximum atomic E-state index is 2.38. The average Bonchev–Trinajstić information content (AvgIpc) is 3.32. The Kier molecular flexibility index (Phi) is 4.66. The molecule has 4 aromatic heterocycles. The fourth-order valence-electron chi connectivity index (χ4n) is 5.39. The van der Waals surface area contributed by atoms with Crippen molar-refractivity contribution in [1.29, 1.82) is 0 Å². The maximum Gasteiger partial charge on any atom is 0.0495 e. The molecule has 0 saturated heterocycles. The number of hydrogen-bond acceptors (Lipinski definition) is 0. The van der Waals surface area contributed by atoms with E-state index in [1.807, 2.05) is 0 Å². The zero-order chi connectivity index (χ0) is 22.4. The number of pyridine rings is 2. The highest BCUT2D eigenvalue weighted by Crippen LogP contribution is 2.39. The Morgan fingerprint density at radius 2 is 1.09 bits per heavy atom. The molecule has 0 aliphatic heterocycles. The molecule has 0 aliphatic rings. The van der Waals surface area contributed by atoms with Crippen molar-refractivity contribution < 1.29 is 0 Å². The molecule has 6 aromatic rings. The Morgan fingerprint density at radius 3 is 1.76 bits per heavy atom. The van der Waals surface area contributed by atoms with E-state index in [1.54, 1.807) is 0 Å². The lowest BCUT2D eigenvalue weighted by molar-refractivity contribution is 1.03. The summed E-state index contributed by atoms with van der Waals surface area (Å²) in [6.07, 6.45) is 5.24. The van der Waals surface area contributed by atoms with Gasteiger partial charge in [0, 0.05) is 52.4 Å². The van der Waals surface area contributed by atoms with Crippen LogP contribution in [-0.4, -0.2) is 8.80 Å². The quantitative estimate of drug-likeness (QED) is 0.273. The van der Waals surface area contributed by atoms with E-state index in [0.29, 0.717) is 0 Å². The Labute approximate surface area is 194 Å². The summed E-state index contributed by atoms with van der Waals surface area (Å²) in [5.74, 6) is 0. The molecule has 0 bridgehead atoms. The summed E-state index contributed by atoms with van der Waals surface area (Å²) in [5, 5.41) is 0. The maximum absolute atomic E-state index is 2.38. The first-order valence-corrected chi connectivity index (χ1v) is 11.5. The minimum Gasteiger partial charge on any atom is -0.320 e. The number of nitrogens with zero attached hydrogens (tertiary/aromatic N) is 2. The number of hydrogen-bond donors (Lipinski definition) is 0. The van der Waals surface area contributed by atoms with E-state index < -0.39 is 0 Å².